The monoisotopic (exact) mass is 386 g/mol. The maximum absolute atomic E-state index is 12.9. The van der Waals surface area contributed by atoms with Gasteiger partial charge in [-0.05, 0) is 25.1 Å². The lowest BCUT2D eigenvalue weighted by Crippen LogP contribution is -2.19. The van der Waals surface area contributed by atoms with E-state index in [9.17, 15) is 14.4 Å². The maximum Gasteiger partial charge on any atom is 0.419 e. The van der Waals surface area contributed by atoms with Gasteiger partial charge in [0.2, 0.25) is 11.7 Å². The molecule has 0 fully saturated rings. The second-order valence-electron chi connectivity index (χ2n) is 5.59. The van der Waals surface area contributed by atoms with Crippen molar-refractivity contribution in [3.8, 4) is 0 Å². The molecular formula is C18H15ClN4O4. The molecule has 1 N–H and O–H groups in total. The van der Waals surface area contributed by atoms with Gasteiger partial charge in [-0.2, -0.15) is 0 Å². The number of ketones is 1. The lowest BCUT2D eigenvalue weighted by atomic mass is 10.1. The number of halogens is 1. The van der Waals surface area contributed by atoms with Gasteiger partial charge in [0.15, 0.2) is 0 Å². The van der Waals surface area contributed by atoms with Gasteiger partial charge < -0.3 is 10.1 Å². The predicted molar refractivity (Wildman–Crippen MR) is 99.1 cm³/mol. The van der Waals surface area contributed by atoms with E-state index in [1.54, 1.807) is 13.0 Å². The topological polar surface area (TPSA) is 103 Å². The molecule has 0 radical (unpaired) electrons. The number of ether oxygens (including phenoxy) is 1. The Hall–Kier alpha value is -3.26. The van der Waals surface area contributed by atoms with Gasteiger partial charge in [0.25, 0.3) is 0 Å². The fraction of sp³-hybridized carbons (Fsp3) is 0.167. The number of rotatable bonds is 4. The molecule has 0 saturated heterocycles. The second-order valence-corrected chi connectivity index (χ2v) is 6.02. The summed E-state index contributed by atoms with van der Waals surface area (Å²) in [6, 6.07) is 4.57. The average Bonchev–Trinajstić information content (AvgIpc) is 3.01. The van der Waals surface area contributed by atoms with Crippen molar-refractivity contribution in [2.75, 3.05) is 11.9 Å². The summed E-state index contributed by atoms with van der Waals surface area (Å²) < 4.78 is 6.22. The quantitative estimate of drug-likeness (QED) is 0.690. The highest BCUT2D eigenvalue weighted by Gasteiger charge is 2.24. The highest BCUT2D eigenvalue weighted by molar-refractivity contribution is 6.32. The summed E-state index contributed by atoms with van der Waals surface area (Å²) in [4.78, 5) is 44.7. The Morgan fingerprint density at radius 1 is 1.19 bits per heavy atom. The van der Waals surface area contributed by atoms with E-state index in [2.05, 4.69) is 15.3 Å². The average molecular weight is 387 g/mol. The number of hydrogen-bond donors (Lipinski definition) is 1. The number of nitrogens with one attached hydrogen (secondary N) is 1. The number of carbonyl (C=O) groups is 3. The lowest BCUT2D eigenvalue weighted by molar-refractivity contribution is -0.114. The van der Waals surface area contributed by atoms with Crippen molar-refractivity contribution in [3.63, 3.8) is 0 Å². The van der Waals surface area contributed by atoms with Crippen LogP contribution in [-0.4, -0.2) is 38.9 Å². The van der Waals surface area contributed by atoms with Gasteiger partial charge in [0.05, 0.1) is 23.4 Å². The Morgan fingerprint density at radius 3 is 2.52 bits per heavy atom. The second kappa shape index (κ2) is 7.55. The first kappa shape index (κ1) is 18.5. The van der Waals surface area contributed by atoms with E-state index >= 15 is 0 Å². The molecule has 8 nitrogen and oxygen atoms in total. The van der Waals surface area contributed by atoms with Crippen molar-refractivity contribution in [1.29, 1.82) is 0 Å². The van der Waals surface area contributed by atoms with Crippen LogP contribution in [0.5, 0.6) is 0 Å². The van der Waals surface area contributed by atoms with Crippen molar-refractivity contribution in [2.45, 2.75) is 13.8 Å². The van der Waals surface area contributed by atoms with E-state index in [0.29, 0.717) is 16.6 Å². The van der Waals surface area contributed by atoms with Crippen LogP contribution >= 0.6 is 11.6 Å². The molecule has 2 heterocycles. The minimum atomic E-state index is -0.733. The zero-order valence-electron chi connectivity index (χ0n) is 14.5. The minimum Gasteiger partial charge on any atom is -0.449 e. The van der Waals surface area contributed by atoms with Gasteiger partial charge in [-0.15, -0.1) is 0 Å². The van der Waals surface area contributed by atoms with Gasteiger partial charge in [-0.3, -0.25) is 9.59 Å². The van der Waals surface area contributed by atoms with Crippen LogP contribution in [0.1, 0.15) is 29.9 Å². The fourth-order valence-corrected chi connectivity index (χ4v) is 2.89. The molecule has 1 amide bonds. The molecule has 0 saturated carbocycles. The summed E-state index contributed by atoms with van der Waals surface area (Å²) in [5.74, 6) is -0.781. The number of benzene rings is 1. The first-order valence-corrected chi connectivity index (χ1v) is 8.39. The van der Waals surface area contributed by atoms with Crippen molar-refractivity contribution in [3.05, 3.63) is 53.2 Å². The molecule has 138 valence electrons. The summed E-state index contributed by atoms with van der Waals surface area (Å²) in [6.07, 6.45) is 3.27. The smallest absolute Gasteiger partial charge is 0.419 e. The Labute approximate surface area is 159 Å². The molecule has 0 spiro atoms. The number of carbonyl (C=O) groups excluding carboxylic acids is 3. The van der Waals surface area contributed by atoms with Gasteiger partial charge in [0.1, 0.15) is 12.0 Å². The molecule has 9 heteroatoms. The molecule has 0 aliphatic carbocycles. The number of anilines is 1. The summed E-state index contributed by atoms with van der Waals surface area (Å²) in [5.41, 5.74) is 0.974. The van der Waals surface area contributed by atoms with Crippen LogP contribution < -0.4 is 5.32 Å². The van der Waals surface area contributed by atoms with Crippen LogP contribution in [0, 0.1) is 0 Å². The molecule has 0 bridgehead atoms. The van der Waals surface area contributed by atoms with Gasteiger partial charge >= 0.3 is 6.09 Å². The van der Waals surface area contributed by atoms with Gasteiger partial charge in [-0.25, -0.2) is 19.3 Å². The third-order valence-corrected chi connectivity index (χ3v) is 3.92. The summed E-state index contributed by atoms with van der Waals surface area (Å²) >= 11 is 6.15. The Bertz CT molecular complexity index is 1050. The molecule has 0 atom stereocenters. The number of amides is 1. The van der Waals surface area contributed by atoms with Crippen LogP contribution in [-0.2, 0) is 9.53 Å². The number of fused-ring (bicyclic) bond motifs is 1. The largest absolute Gasteiger partial charge is 0.449 e. The standard InChI is InChI=1S/C18H15ClN4O4/c1-3-27-18(26)23-15-5-12(19)4-14(22-10(2)24)13(15)6-16(23)17(25)11-7-20-9-21-8-11/h4-9H,3H2,1-2H3,(H,22,24). The molecule has 2 aromatic heterocycles. The third-order valence-electron chi connectivity index (χ3n) is 3.70. The maximum atomic E-state index is 12.9. The van der Waals surface area contributed by atoms with E-state index in [1.165, 1.54) is 37.8 Å². The fourth-order valence-electron chi connectivity index (χ4n) is 2.68. The first-order valence-electron chi connectivity index (χ1n) is 8.01. The number of nitrogens with zero attached hydrogens (tertiary/aromatic N) is 3. The van der Waals surface area contributed by atoms with Crippen LogP contribution in [0.2, 0.25) is 5.02 Å². The molecular weight excluding hydrogens is 372 g/mol. The zero-order valence-corrected chi connectivity index (χ0v) is 15.3. The van der Waals surface area contributed by atoms with E-state index in [4.69, 9.17) is 16.3 Å². The van der Waals surface area contributed by atoms with E-state index < -0.39 is 11.9 Å². The highest BCUT2D eigenvalue weighted by atomic mass is 35.5. The summed E-state index contributed by atoms with van der Waals surface area (Å²) in [7, 11) is 0. The molecule has 27 heavy (non-hydrogen) atoms. The van der Waals surface area contributed by atoms with Crippen LogP contribution in [0.3, 0.4) is 0 Å². The normalized spacial score (nSPS) is 10.6. The Morgan fingerprint density at radius 2 is 1.89 bits per heavy atom. The van der Waals surface area contributed by atoms with Crippen molar-refractivity contribution in [1.82, 2.24) is 14.5 Å². The van der Waals surface area contributed by atoms with Crippen LogP contribution in [0.15, 0.2) is 36.9 Å². The molecule has 0 aliphatic heterocycles. The van der Waals surface area contributed by atoms with Crippen molar-refractivity contribution >= 4 is 46.0 Å². The number of hydrogen-bond acceptors (Lipinski definition) is 6. The van der Waals surface area contributed by atoms with Crippen LogP contribution in [0.4, 0.5) is 10.5 Å². The molecule has 0 unspecified atom stereocenters. The summed E-state index contributed by atoms with van der Waals surface area (Å²) in [6.45, 7) is 3.13. The first-order chi connectivity index (χ1) is 12.9. The van der Waals surface area contributed by atoms with Gasteiger partial charge in [0, 0.05) is 29.7 Å². The lowest BCUT2D eigenvalue weighted by Gasteiger charge is -2.09. The predicted octanol–water partition coefficient (Wildman–Crippen LogP) is 3.28. The Balaban J connectivity index is 2.28. The Kier molecular flexibility index (Phi) is 5.18. The van der Waals surface area contributed by atoms with Crippen molar-refractivity contribution in [2.24, 2.45) is 0 Å². The molecule has 3 aromatic rings. The third kappa shape index (κ3) is 3.65. The van der Waals surface area contributed by atoms with E-state index in [0.717, 1.165) is 4.57 Å². The minimum absolute atomic E-state index is 0.0483. The van der Waals surface area contributed by atoms with Crippen LogP contribution in [0.25, 0.3) is 10.9 Å². The zero-order chi connectivity index (χ0) is 19.6. The SMILES string of the molecule is CCOC(=O)n1c(C(=O)c2cncnc2)cc2c(NC(C)=O)cc(Cl)cc21. The molecule has 0 aliphatic rings. The molecule has 3 rings (SSSR count). The molecule has 1 aromatic carbocycles. The van der Waals surface area contributed by atoms with E-state index in [1.807, 2.05) is 0 Å². The van der Waals surface area contributed by atoms with Gasteiger partial charge in [-0.1, -0.05) is 11.6 Å². The number of aromatic nitrogens is 3. The van der Waals surface area contributed by atoms with Crippen molar-refractivity contribution < 1.29 is 19.1 Å². The van der Waals surface area contributed by atoms with E-state index in [-0.39, 0.29) is 28.8 Å². The summed E-state index contributed by atoms with van der Waals surface area (Å²) in [5, 5.41) is 3.42. The highest BCUT2D eigenvalue weighted by Crippen LogP contribution is 2.32.